The number of rotatable bonds is 5. The number of benzene rings is 2. The Labute approximate surface area is 245 Å². The van der Waals surface area contributed by atoms with Gasteiger partial charge in [0.25, 0.3) is 5.91 Å². The minimum Gasteiger partial charge on any atom is -0.497 e. The number of nitrogens with zero attached hydrogens (tertiary/aromatic N) is 5. The van der Waals surface area contributed by atoms with Crippen LogP contribution in [0.4, 0.5) is 4.39 Å². The van der Waals surface area contributed by atoms with Crippen LogP contribution in [0.2, 0.25) is 0 Å². The Balaban J connectivity index is 1.28. The van der Waals surface area contributed by atoms with Crippen LogP contribution in [0.3, 0.4) is 0 Å². The molecule has 0 aliphatic carbocycles. The summed E-state index contributed by atoms with van der Waals surface area (Å²) in [5, 5.41) is 16.1. The summed E-state index contributed by atoms with van der Waals surface area (Å²) in [6.07, 6.45) is 4.48. The van der Waals surface area contributed by atoms with Gasteiger partial charge in [0.2, 0.25) is 0 Å². The summed E-state index contributed by atoms with van der Waals surface area (Å²) in [5.41, 5.74) is 4.83. The molecule has 1 amide bonds. The van der Waals surface area contributed by atoms with Gasteiger partial charge < -0.3 is 24.4 Å². The van der Waals surface area contributed by atoms with Gasteiger partial charge in [-0.3, -0.25) is 4.79 Å². The molecule has 3 aliphatic heterocycles. The topological polar surface area (TPSA) is 83.3 Å². The maximum absolute atomic E-state index is 13.7. The summed E-state index contributed by atoms with van der Waals surface area (Å²) in [4.78, 5) is 19.9. The van der Waals surface area contributed by atoms with Gasteiger partial charge in [0.05, 0.1) is 42.9 Å². The van der Waals surface area contributed by atoms with E-state index in [0.717, 1.165) is 28.3 Å². The van der Waals surface area contributed by atoms with Gasteiger partial charge in [0.15, 0.2) is 6.35 Å². The fraction of sp³-hybridized carbons (Fsp3) is 0.438. The van der Waals surface area contributed by atoms with Gasteiger partial charge in [-0.2, -0.15) is 5.10 Å². The lowest BCUT2D eigenvalue weighted by atomic mass is 9.82. The average molecular weight is 576 g/mol. The first kappa shape index (κ1) is 28.2. The van der Waals surface area contributed by atoms with E-state index < -0.39 is 11.9 Å². The molecule has 2 atom stereocenters. The van der Waals surface area contributed by atoms with Gasteiger partial charge in [-0.05, 0) is 55.7 Å². The molecule has 1 N–H and O–H groups in total. The summed E-state index contributed by atoms with van der Waals surface area (Å²) in [7, 11) is 3.32. The molecule has 3 aromatic rings. The van der Waals surface area contributed by atoms with Crippen molar-refractivity contribution in [2.75, 3.05) is 33.9 Å². The van der Waals surface area contributed by atoms with Gasteiger partial charge >= 0.3 is 0 Å². The van der Waals surface area contributed by atoms with Crippen molar-refractivity contribution in [2.24, 2.45) is 0 Å². The van der Waals surface area contributed by atoms with E-state index in [1.807, 2.05) is 24.0 Å². The number of hydrogen-bond donors (Lipinski definition) is 1. The maximum atomic E-state index is 13.7. The molecule has 6 rings (SSSR count). The number of aliphatic hydroxyl groups excluding tert-OH is 1. The third-order valence-corrected chi connectivity index (χ3v) is 9.28. The van der Waals surface area contributed by atoms with E-state index in [4.69, 9.17) is 9.47 Å². The molecule has 2 fully saturated rings. The van der Waals surface area contributed by atoms with E-state index in [1.165, 1.54) is 12.1 Å². The van der Waals surface area contributed by atoms with Gasteiger partial charge in [0, 0.05) is 49.4 Å². The predicted octanol–water partition coefficient (Wildman–Crippen LogP) is 4.43. The monoisotopic (exact) mass is 575 g/mol. The Morgan fingerprint density at radius 3 is 2.50 bits per heavy atom. The van der Waals surface area contributed by atoms with Crippen molar-refractivity contribution >= 4 is 5.91 Å². The fourth-order valence-corrected chi connectivity index (χ4v) is 7.16. The molecule has 0 bridgehead atoms. The number of likely N-dealkylation sites (tertiary alicyclic amines) is 1. The first-order valence-electron chi connectivity index (χ1n) is 14.5. The van der Waals surface area contributed by atoms with Gasteiger partial charge in [0.1, 0.15) is 17.3 Å². The Morgan fingerprint density at radius 1 is 1.14 bits per heavy atom. The van der Waals surface area contributed by atoms with Crippen LogP contribution in [-0.2, 0) is 6.54 Å². The molecule has 0 saturated carbocycles. The number of hydrogen-bond acceptors (Lipinski definition) is 7. The van der Waals surface area contributed by atoms with Crippen molar-refractivity contribution in [1.29, 1.82) is 0 Å². The summed E-state index contributed by atoms with van der Waals surface area (Å²) in [6, 6.07) is 10.0. The largest absolute Gasteiger partial charge is 0.497 e. The first-order valence-corrected chi connectivity index (χ1v) is 14.5. The zero-order chi connectivity index (χ0) is 29.8. The molecule has 2 aromatic carbocycles. The van der Waals surface area contributed by atoms with Crippen molar-refractivity contribution in [3.63, 3.8) is 0 Å². The molecule has 3 aliphatic rings. The van der Waals surface area contributed by atoms with E-state index in [2.05, 4.69) is 34.8 Å². The third kappa shape index (κ3) is 4.35. The van der Waals surface area contributed by atoms with Crippen LogP contribution in [0.5, 0.6) is 11.5 Å². The quantitative estimate of drug-likeness (QED) is 0.482. The fourth-order valence-electron chi connectivity index (χ4n) is 7.16. The predicted molar refractivity (Wildman–Crippen MR) is 156 cm³/mol. The highest BCUT2D eigenvalue weighted by atomic mass is 19.1. The van der Waals surface area contributed by atoms with Crippen LogP contribution in [0, 0.1) is 12.7 Å². The van der Waals surface area contributed by atoms with Crippen molar-refractivity contribution in [1.82, 2.24) is 24.5 Å². The number of carbonyl (C=O) groups is 1. The van der Waals surface area contributed by atoms with Crippen LogP contribution in [0.25, 0.3) is 5.69 Å². The van der Waals surface area contributed by atoms with Crippen LogP contribution >= 0.6 is 0 Å². The minimum atomic E-state index is -0.782. The number of allylic oxidation sites excluding steroid dienone is 1. The molecular formula is C32H38FN5O4. The number of aliphatic hydroxyl groups is 1. The number of amides is 1. The molecule has 1 unspecified atom stereocenters. The third-order valence-electron chi connectivity index (χ3n) is 9.28. The Bertz CT molecular complexity index is 1530. The van der Waals surface area contributed by atoms with Crippen molar-refractivity contribution in [2.45, 2.75) is 58.0 Å². The lowest BCUT2D eigenvalue weighted by Gasteiger charge is -2.44. The smallest absolute Gasteiger partial charge is 0.257 e. The number of piperidine rings is 1. The number of ether oxygens (including phenoxy) is 2. The normalized spacial score (nSPS) is 21.5. The van der Waals surface area contributed by atoms with Gasteiger partial charge in [-0.1, -0.05) is 19.9 Å². The average Bonchev–Trinajstić information content (AvgIpc) is 3.41. The highest BCUT2D eigenvalue weighted by Crippen LogP contribution is 2.50. The Hall–Kier alpha value is -3.89. The summed E-state index contributed by atoms with van der Waals surface area (Å²) < 4.78 is 26.4. The van der Waals surface area contributed by atoms with Crippen molar-refractivity contribution in [3.8, 4) is 17.2 Å². The lowest BCUT2D eigenvalue weighted by molar-refractivity contribution is -0.0851. The first-order chi connectivity index (χ1) is 20.2. The molecule has 10 heteroatoms. The second-order valence-electron chi connectivity index (χ2n) is 11.4. The SMILES string of the molecule is CCN1C(O)N2Cc3cc(OC)cc(OC)c3[C@@H](C)C=C2C12CCN(C(=O)c1cnn(-c3ccc(F)cc3)c1C)CC2. The summed E-state index contributed by atoms with van der Waals surface area (Å²) in [5.74, 6) is 1.17. The molecule has 0 radical (unpaired) electrons. The summed E-state index contributed by atoms with van der Waals surface area (Å²) >= 11 is 0. The number of methoxy groups -OCH3 is 2. The second kappa shape index (κ2) is 10.7. The zero-order valence-electron chi connectivity index (χ0n) is 24.8. The number of aromatic nitrogens is 2. The molecular weight excluding hydrogens is 537 g/mol. The molecule has 9 nitrogen and oxygen atoms in total. The number of likely N-dealkylation sites (N-methyl/N-ethyl adjacent to an activating group) is 1. The minimum absolute atomic E-state index is 0.0568. The van der Waals surface area contributed by atoms with E-state index in [1.54, 1.807) is 37.2 Å². The Kier molecular flexibility index (Phi) is 7.22. The lowest BCUT2D eigenvalue weighted by Crippen LogP contribution is -2.55. The van der Waals surface area contributed by atoms with Gasteiger partial charge in [-0.15, -0.1) is 0 Å². The van der Waals surface area contributed by atoms with Crippen molar-refractivity contribution < 1.29 is 23.8 Å². The van der Waals surface area contributed by atoms with Crippen molar-refractivity contribution in [3.05, 3.63) is 82.6 Å². The molecule has 1 aromatic heterocycles. The standard InChI is InChI=1S/C32H38FN5O4/c1-6-37-31(40)36-19-22-16-25(41-4)17-27(42-5)29(22)20(2)15-28(36)32(37)11-13-35(14-12-32)30(39)26-18-34-38(21(26)3)24-9-7-23(33)8-10-24/h7-10,15-18,20,31,40H,6,11-14,19H2,1-5H3/t20-,31?/m0/s1. The number of carbonyl (C=O) groups excluding carboxylic acids is 1. The molecule has 42 heavy (non-hydrogen) atoms. The molecule has 1 spiro atoms. The molecule has 222 valence electrons. The summed E-state index contributed by atoms with van der Waals surface area (Å²) in [6.45, 7) is 8.40. The highest BCUT2D eigenvalue weighted by molar-refractivity contribution is 5.95. The Morgan fingerprint density at radius 2 is 1.86 bits per heavy atom. The molecule has 4 heterocycles. The number of fused-ring (bicyclic) bond motifs is 3. The second-order valence-corrected chi connectivity index (χ2v) is 11.4. The van der Waals surface area contributed by atoms with Crippen LogP contribution < -0.4 is 9.47 Å². The van der Waals surface area contributed by atoms with Gasteiger partial charge in [-0.25, -0.2) is 14.0 Å². The van der Waals surface area contributed by atoms with E-state index in [9.17, 15) is 14.3 Å². The van der Waals surface area contributed by atoms with Crippen LogP contribution in [0.1, 0.15) is 59.8 Å². The zero-order valence-corrected chi connectivity index (χ0v) is 24.8. The maximum Gasteiger partial charge on any atom is 0.257 e. The van der Waals surface area contributed by atoms with E-state index >= 15 is 0 Å². The van der Waals surface area contributed by atoms with E-state index in [0.29, 0.717) is 56.0 Å². The van der Waals surface area contributed by atoms with E-state index in [-0.39, 0.29) is 17.6 Å². The number of halogens is 1. The van der Waals surface area contributed by atoms with Crippen LogP contribution in [-0.4, -0.2) is 81.2 Å². The highest BCUT2D eigenvalue weighted by Gasteiger charge is 2.55. The molecule has 2 saturated heterocycles. The van der Waals surface area contributed by atoms with Crippen LogP contribution in [0.15, 0.2) is 54.4 Å².